The topological polar surface area (TPSA) is 78.3 Å². The Hall–Kier alpha value is -1.91. The van der Waals surface area contributed by atoms with Crippen molar-refractivity contribution >= 4 is 34.8 Å². The van der Waals surface area contributed by atoms with E-state index in [2.05, 4.69) is 0 Å². The molecule has 0 saturated carbocycles. The molecule has 0 fully saturated rings. The molecule has 0 aliphatic heterocycles. The van der Waals surface area contributed by atoms with Gasteiger partial charge in [0.2, 0.25) is 5.91 Å². The van der Waals surface area contributed by atoms with Crippen LogP contribution in [-0.4, -0.2) is 5.91 Å². The molecule has 0 unspecified atom stereocenters. The Balaban J connectivity index is 2.12. The molecule has 2 rings (SSSR count). The fraction of sp³-hybridized carbons (Fsp3) is 0.0714. The van der Waals surface area contributed by atoms with E-state index >= 15 is 0 Å². The van der Waals surface area contributed by atoms with Crippen molar-refractivity contribution in [2.24, 2.45) is 5.73 Å². The number of hydrogen-bond donors (Lipinski definition) is 2. The molecule has 1 amide bonds. The first-order chi connectivity index (χ1) is 9.45. The molecule has 104 valence electrons. The molecule has 4 nitrogen and oxygen atoms in total. The molecule has 0 heterocycles. The van der Waals surface area contributed by atoms with Crippen LogP contribution in [0.3, 0.4) is 0 Å². The maximum absolute atomic E-state index is 11.0. The number of nitrogen functional groups attached to an aromatic ring is 1. The van der Waals surface area contributed by atoms with Gasteiger partial charge in [0.1, 0.15) is 12.4 Å². The molecule has 4 N–H and O–H groups in total. The van der Waals surface area contributed by atoms with Crippen molar-refractivity contribution in [2.75, 3.05) is 5.73 Å². The smallest absolute Gasteiger partial charge is 0.248 e. The number of rotatable bonds is 4. The second-order valence-electron chi connectivity index (χ2n) is 4.17. The minimum Gasteiger partial charge on any atom is -0.489 e. The van der Waals surface area contributed by atoms with Gasteiger partial charge >= 0.3 is 0 Å². The predicted molar refractivity (Wildman–Crippen MR) is 80.2 cm³/mol. The number of carbonyl (C=O) groups is 1. The van der Waals surface area contributed by atoms with Crippen LogP contribution in [0, 0.1) is 0 Å². The number of anilines is 1. The molecule has 0 saturated heterocycles. The van der Waals surface area contributed by atoms with Crippen LogP contribution in [0.4, 0.5) is 5.69 Å². The molecule has 0 aliphatic carbocycles. The van der Waals surface area contributed by atoms with Crippen molar-refractivity contribution in [3.63, 3.8) is 0 Å². The highest BCUT2D eigenvalue weighted by atomic mass is 35.5. The Morgan fingerprint density at radius 2 is 1.75 bits per heavy atom. The number of amides is 1. The zero-order valence-electron chi connectivity index (χ0n) is 10.4. The molecule has 2 aromatic rings. The second kappa shape index (κ2) is 6.03. The standard InChI is InChI=1S/C14H12Cl2N2O2/c15-10-4-11(16)6-12(5-10)20-7-9-2-1-8(14(18)19)3-13(9)17/h1-6H,7,17H2,(H2,18,19). The third-order valence-corrected chi connectivity index (χ3v) is 3.10. The third kappa shape index (κ3) is 3.56. The summed E-state index contributed by atoms with van der Waals surface area (Å²) in [4.78, 5) is 11.0. The second-order valence-corrected chi connectivity index (χ2v) is 5.04. The first-order valence-electron chi connectivity index (χ1n) is 5.73. The summed E-state index contributed by atoms with van der Waals surface area (Å²) in [6.45, 7) is 0.238. The van der Waals surface area contributed by atoms with Crippen molar-refractivity contribution in [1.29, 1.82) is 0 Å². The van der Waals surface area contributed by atoms with E-state index in [0.29, 0.717) is 27.0 Å². The number of ether oxygens (including phenoxy) is 1. The fourth-order valence-electron chi connectivity index (χ4n) is 1.65. The van der Waals surface area contributed by atoms with Crippen LogP contribution in [0.15, 0.2) is 36.4 Å². The molecule has 0 atom stereocenters. The van der Waals surface area contributed by atoms with E-state index in [0.717, 1.165) is 5.56 Å². The summed E-state index contributed by atoms with van der Waals surface area (Å²) in [5.74, 6) is 0.0201. The summed E-state index contributed by atoms with van der Waals surface area (Å²) in [6.07, 6.45) is 0. The van der Waals surface area contributed by atoms with Gasteiger partial charge in [-0.3, -0.25) is 4.79 Å². The molecule has 0 spiro atoms. The first kappa shape index (κ1) is 14.5. The van der Waals surface area contributed by atoms with Crippen LogP contribution in [0.1, 0.15) is 15.9 Å². The summed E-state index contributed by atoms with van der Waals surface area (Å²) in [7, 11) is 0. The van der Waals surface area contributed by atoms with E-state index in [9.17, 15) is 4.79 Å². The number of carbonyl (C=O) groups excluding carboxylic acids is 1. The van der Waals surface area contributed by atoms with Gasteiger partial charge in [0.15, 0.2) is 0 Å². The highest BCUT2D eigenvalue weighted by Gasteiger charge is 2.06. The Morgan fingerprint density at radius 1 is 1.10 bits per heavy atom. The normalized spacial score (nSPS) is 10.3. The van der Waals surface area contributed by atoms with Gasteiger partial charge in [-0.1, -0.05) is 29.3 Å². The van der Waals surface area contributed by atoms with Crippen LogP contribution >= 0.6 is 23.2 Å². The summed E-state index contributed by atoms with van der Waals surface area (Å²) >= 11 is 11.8. The van der Waals surface area contributed by atoms with Crippen molar-refractivity contribution in [3.8, 4) is 5.75 Å². The zero-order valence-corrected chi connectivity index (χ0v) is 11.9. The maximum Gasteiger partial charge on any atom is 0.248 e. The highest BCUT2D eigenvalue weighted by Crippen LogP contribution is 2.25. The number of benzene rings is 2. The van der Waals surface area contributed by atoms with Crippen LogP contribution in [-0.2, 0) is 6.61 Å². The summed E-state index contributed by atoms with van der Waals surface area (Å²) in [6, 6.07) is 9.74. The molecule has 20 heavy (non-hydrogen) atoms. The Kier molecular flexibility index (Phi) is 4.37. The van der Waals surface area contributed by atoms with Crippen LogP contribution < -0.4 is 16.2 Å². The van der Waals surface area contributed by atoms with E-state index in [-0.39, 0.29) is 6.61 Å². The largest absolute Gasteiger partial charge is 0.489 e. The number of primary amides is 1. The van der Waals surface area contributed by atoms with E-state index in [1.807, 2.05) is 0 Å². The lowest BCUT2D eigenvalue weighted by molar-refractivity contribution is 0.100. The monoisotopic (exact) mass is 310 g/mol. The van der Waals surface area contributed by atoms with Crippen molar-refractivity contribution in [3.05, 3.63) is 57.6 Å². The van der Waals surface area contributed by atoms with Gasteiger partial charge in [-0.15, -0.1) is 0 Å². The molecule has 0 radical (unpaired) electrons. The number of hydrogen-bond acceptors (Lipinski definition) is 3. The van der Waals surface area contributed by atoms with E-state index < -0.39 is 5.91 Å². The lowest BCUT2D eigenvalue weighted by Crippen LogP contribution is -2.12. The lowest BCUT2D eigenvalue weighted by Gasteiger charge is -2.10. The Bertz CT molecular complexity index is 639. The summed E-state index contributed by atoms with van der Waals surface area (Å²) < 4.78 is 5.57. The van der Waals surface area contributed by atoms with Gasteiger partial charge in [0.05, 0.1) is 0 Å². The van der Waals surface area contributed by atoms with Gasteiger partial charge < -0.3 is 16.2 Å². The van der Waals surface area contributed by atoms with Gasteiger partial charge in [0.25, 0.3) is 0 Å². The molecule has 2 aromatic carbocycles. The SMILES string of the molecule is NC(=O)c1ccc(COc2cc(Cl)cc(Cl)c2)c(N)c1. The maximum atomic E-state index is 11.0. The van der Waals surface area contributed by atoms with E-state index in [1.54, 1.807) is 30.3 Å². The molecule has 0 aromatic heterocycles. The highest BCUT2D eigenvalue weighted by molar-refractivity contribution is 6.34. The first-order valence-corrected chi connectivity index (χ1v) is 6.48. The van der Waals surface area contributed by atoms with E-state index in [1.165, 1.54) is 6.07 Å². The van der Waals surface area contributed by atoms with Crippen molar-refractivity contribution < 1.29 is 9.53 Å². The fourth-order valence-corrected chi connectivity index (χ4v) is 2.16. The Labute approximate surface area is 126 Å². The predicted octanol–water partition coefficient (Wildman–Crippen LogP) is 3.25. The van der Waals surface area contributed by atoms with Crippen molar-refractivity contribution in [2.45, 2.75) is 6.61 Å². The van der Waals surface area contributed by atoms with Crippen LogP contribution in [0.25, 0.3) is 0 Å². The molecule has 6 heteroatoms. The Morgan fingerprint density at radius 3 is 2.30 bits per heavy atom. The summed E-state index contributed by atoms with van der Waals surface area (Å²) in [5.41, 5.74) is 12.6. The average Bonchev–Trinajstić information content (AvgIpc) is 2.36. The van der Waals surface area contributed by atoms with Crippen molar-refractivity contribution in [1.82, 2.24) is 0 Å². The number of nitrogens with two attached hydrogens (primary N) is 2. The van der Waals surface area contributed by atoms with Crippen LogP contribution in [0.2, 0.25) is 10.0 Å². The minimum atomic E-state index is -0.522. The summed E-state index contributed by atoms with van der Waals surface area (Å²) in [5, 5.41) is 0.981. The molecule has 0 aliphatic rings. The third-order valence-electron chi connectivity index (χ3n) is 2.66. The quantitative estimate of drug-likeness (QED) is 0.851. The average molecular weight is 311 g/mol. The van der Waals surface area contributed by atoms with Crippen LogP contribution in [0.5, 0.6) is 5.75 Å². The lowest BCUT2D eigenvalue weighted by atomic mass is 10.1. The zero-order chi connectivity index (χ0) is 14.7. The van der Waals surface area contributed by atoms with E-state index in [4.69, 9.17) is 39.4 Å². The van der Waals surface area contributed by atoms with Gasteiger partial charge in [-0.05, 0) is 30.3 Å². The number of halogens is 2. The molecule has 0 bridgehead atoms. The minimum absolute atomic E-state index is 0.238. The van der Waals surface area contributed by atoms with Gasteiger partial charge in [0, 0.05) is 26.9 Å². The van der Waals surface area contributed by atoms with Gasteiger partial charge in [-0.2, -0.15) is 0 Å². The molecular formula is C14H12Cl2N2O2. The van der Waals surface area contributed by atoms with Gasteiger partial charge in [-0.25, -0.2) is 0 Å². The molecular weight excluding hydrogens is 299 g/mol.